The maximum atomic E-state index is 13.4. The number of piperidine rings is 1. The van der Waals surface area contributed by atoms with E-state index in [0.29, 0.717) is 12.4 Å². The first kappa shape index (κ1) is 20.9. The molecule has 4 rings (SSSR count). The molecule has 2 aliphatic rings. The van der Waals surface area contributed by atoms with E-state index in [1.807, 2.05) is 12.1 Å². The van der Waals surface area contributed by atoms with E-state index in [1.54, 1.807) is 24.5 Å². The van der Waals surface area contributed by atoms with Gasteiger partial charge < -0.3 is 14.5 Å². The van der Waals surface area contributed by atoms with Crippen molar-refractivity contribution in [3.05, 3.63) is 48.4 Å². The minimum Gasteiger partial charge on any atom is -0.492 e. The van der Waals surface area contributed by atoms with Crippen LogP contribution in [0.15, 0.2) is 52.0 Å². The molecule has 8 nitrogen and oxygen atoms in total. The standard InChI is InChI=1S/C21H27N3O5S/c1-22-20(25)14-24-15-21(8-10-23(11-9-21)13-17-5-4-12-28-17)16-29-18-6-2-3-7-19(18)30(24,26)27/h2-7,12H,8-11,13-16H2,1H3,(H,22,25). The van der Waals surface area contributed by atoms with E-state index < -0.39 is 10.0 Å². The Bertz CT molecular complexity index is 982. The van der Waals surface area contributed by atoms with Crippen molar-refractivity contribution in [2.24, 2.45) is 5.41 Å². The second kappa shape index (κ2) is 8.41. The lowest BCUT2D eigenvalue weighted by atomic mass is 9.78. The number of amides is 1. The summed E-state index contributed by atoms with van der Waals surface area (Å²) >= 11 is 0. The zero-order valence-electron chi connectivity index (χ0n) is 17.0. The van der Waals surface area contributed by atoms with Gasteiger partial charge in [-0.2, -0.15) is 4.31 Å². The minimum atomic E-state index is -3.86. The molecule has 1 spiro atoms. The zero-order valence-corrected chi connectivity index (χ0v) is 17.9. The molecule has 0 unspecified atom stereocenters. The third-order valence-corrected chi connectivity index (χ3v) is 7.82. The van der Waals surface area contributed by atoms with Crippen molar-refractivity contribution < 1.29 is 22.4 Å². The predicted molar refractivity (Wildman–Crippen MR) is 110 cm³/mol. The fourth-order valence-corrected chi connectivity index (χ4v) is 5.79. The van der Waals surface area contributed by atoms with E-state index in [0.717, 1.165) is 38.2 Å². The summed E-state index contributed by atoms with van der Waals surface area (Å²) in [5.41, 5.74) is -0.353. The van der Waals surface area contributed by atoms with Gasteiger partial charge in [0, 0.05) is 19.0 Å². The lowest BCUT2D eigenvalue weighted by Gasteiger charge is -2.44. The first-order chi connectivity index (χ1) is 14.4. The summed E-state index contributed by atoms with van der Waals surface area (Å²) in [6.45, 7) is 2.81. The largest absolute Gasteiger partial charge is 0.492 e. The monoisotopic (exact) mass is 433 g/mol. The summed E-state index contributed by atoms with van der Waals surface area (Å²) in [5.74, 6) is 0.928. The van der Waals surface area contributed by atoms with Gasteiger partial charge in [0.15, 0.2) is 0 Å². The van der Waals surface area contributed by atoms with Gasteiger partial charge in [0.25, 0.3) is 0 Å². The molecule has 2 aromatic rings. The Hall–Kier alpha value is -2.36. The van der Waals surface area contributed by atoms with Gasteiger partial charge in [-0.15, -0.1) is 0 Å². The SMILES string of the molecule is CNC(=O)CN1CC2(CCN(Cc3ccco3)CC2)COc2ccccc2S1(=O)=O. The van der Waals surface area contributed by atoms with Crippen LogP contribution < -0.4 is 10.1 Å². The third kappa shape index (κ3) is 4.23. The third-order valence-electron chi connectivity index (χ3n) is 5.99. The highest BCUT2D eigenvalue weighted by Crippen LogP contribution is 2.39. The lowest BCUT2D eigenvalue weighted by molar-refractivity contribution is -0.121. The van der Waals surface area contributed by atoms with Gasteiger partial charge in [-0.1, -0.05) is 12.1 Å². The van der Waals surface area contributed by atoms with Crippen LogP contribution >= 0.6 is 0 Å². The molecule has 1 aromatic carbocycles. The molecule has 30 heavy (non-hydrogen) atoms. The summed E-state index contributed by atoms with van der Waals surface area (Å²) in [7, 11) is -2.35. The Morgan fingerprint density at radius 3 is 2.63 bits per heavy atom. The molecule has 0 bridgehead atoms. The van der Waals surface area contributed by atoms with Gasteiger partial charge >= 0.3 is 0 Å². The molecule has 1 N–H and O–H groups in total. The second-order valence-corrected chi connectivity index (χ2v) is 9.94. The van der Waals surface area contributed by atoms with E-state index in [4.69, 9.17) is 9.15 Å². The predicted octanol–water partition coefficient (Wildman–Crippen LogP) is 1.69. The average molecular weight is 434 g/mol. The Morgan fingerprint density at radius 2 is 1.93 bits per heavy atom. The van der Waals surface area contributed by atoms with E-state index in [9.17, 15) is 13.2 Å². The number of likely N-dealkylation sites (tertiary alicyclic amines) is 1. The summed E-state index contributed by atoms with van der Waals surface area (Å²) in [6, 6.07) is 10.5. The maximum Gasteiger partial charge on any atom is 0.247 e. The number of para-hydroxylation sites is 1. The Labute approximate surface area is 176 Å². The molecular weight excluding hydrogens is 406 g/mol. The fourth-order valence-electron chi connectivity index (χ4n) is 4.15. The topological polar surface area (TPSA) is 92.1 Å². The number of nitrogens with zero attached hydrogens (tertiary/aromatic N) is 2. The summed E-state index contributed by atoms with van der Waals surface area (Å²) in [6.07, 6.45) is 3.22. The number of hydrogen-bond acceptors (Lipinski definition) is 6. The summed E-state index contributed by atoms with van der Waals surface area (Å²) < 4.78 is 39.5. The van der Waals surface area contributed by atoms with Crippen LogP contribution in [0.1, 0.15) is 18.6 Å². The number of nitrogens with one attached hydrogen (secondary N) is 1. The van der Waals surface area contributed by atoms with Crippen LogP contribution in [0.4, 0.5) is 0 Å². The van der Waals surface area contributed by atoms with Crippen LogP contribution in [-0.4, -0.2) is 63.4 Å². The van der Waals surface area contributed by atoms with E-state index in [1.165, 1.54) is 17.4 Å². The highest BCUT2D eigenvalue weighted by Gasteiger charge is 2.43. The number of benzene rings is 1. The highest BCUT2D eigenvalue weighted by molar-refractivity contribution is 7.89. The van der Waals surface area contributed by atoms with Gasteiger partial charge in [-0.05, 0) is 50.2 Å². The summed E-state index contributed by atoms with van der Waals surface area (Å²) in [5, 5.41) is 2.54. The van der Waals surface area contributed by atoms with Crippen molar-refractivity contribution >= 4 is 15.9 Å². The van der Waals surface area contributed by atoms with Gasteiger partial charge in [0.05, 0.1) is 26.0 Å². The van der Waals surface area contributed by atoms with E-state index in [-0.39, 0.29) is 29.3 Å². The number of rotatable bonds is 4. The van der Waals surface area contributed by atoms with E-state index in [2.05, 4.69) is 10.2 Å². The van der Waals surface area contributed by atoms with Gasteiger partial charge in [0.2, 0.25) is 15.9 Å². The number of likely N-dealkylation sites (N-methyl/N-ethyl adjacent to an activating group) is 1. The highest BCUT2D eigenvalue weighted by atomic mass is 32.2. The van der Waals surface area contributed by atoms with Crippen LogP contribution in [0, 0.1) is 5.41 Å². The molecule has 9 heteroatoms. The number of sulfonamides is 1. The maximum absolute atomic E-state index is 13.4. The zero-order chi connectivity index (χ0) is 21.2. The fraction of sp³-hybridized carbons (Fsp3) is 0.476. The molecule has 0 radical (unpaired) electrons. The van der Waals surface area contributed by atoms with Crippen molar-refractivity contribution in [1.82, 2.24) is 14.5 Å². The summed E-state index contributed by atoms with van der Waals surface area (Å²) in [4.78, 5) is 14.5. The van der Waals surface area contributed by atoms with Crippen LogP contribution in [0.25, 0.3) is 0 Å². The first-order valence-electron chi connectivity index (χ1n) is 10.1. The quantitative estimate of drug-likeness (QED) is 0.789. The Morgan fingerprint density at radius 1 is 1.17 bits per heavy atom. The smallest absolute Gasteiger partial charge is 0.247 e. The molecule has 2 aliphatic heterocycles. The van der Waals surface area contributed by atoms with Crippen molar-refractivity contribution in [3.63, 3.8) is 0 Å². The number of hydrogen-bond donors (Lipinski definition) is 1. The molecule has 0 atom stereocenters. The van der Waals surface area contributed by atoms with Crippen molar-refractivity contribution in [1.29, 1.82) is 0 Å². The molecule has 3 heterocycles. The molecule has 1 aromatic heterocycles. The molecule has 162 valence electrons. The molecular formula is C21H27N3O5S. The lowest BCUT2D eigenvalue weighted by Crippen LogP contribution is -2.53. The number of ether oxygens (including phenoxy) is 1. The number of carbonyl (C=O) groups is 1. The van der Waals surface area contributed by atoms with Gasteiger partial charge in [-0.25, -0.2) is 8.42 Å². The minimum absolute atomic E-state index is 0.110. The molecule has 0 aliphatic carbocycles. The molecule has 1 amide bonds. The van der Waals surface area contributed by atoms with Crippen molar-refractivity contribution in [2.45, 2.75) is 24.3 Å². The second-order valence-electron chi connectivity index (χ2n) is 8.04. The normalized spacial score (nSPS) is 21.2. The number of carbonyl (C=O) groups excluding carboxylic acids is 1. The van der Waals surface area contributed by atoms with Gasteiger partial charge in [0.1, 0.15) is 16.4 Å². The number of furan rings is 1. The van der Waals surface area contributed by atoms with Crippen molar-refractivity contribution in [3.8, 4) is 5.75 Å². The van der Waals surface area contributed by atoms with Crippen LogP contribution in [0.2, 0.25) is 0 Å². The molecule has 1 saturated heterocycles. The average Bonchev–Trinajstić information content (AvgIpc) is 3.26. The first-order valence-corrected chi connectivity index (χ1v) is 11.5. The van der Waals surface area contributed by atoms with Crippen LogP contribution in [0.3, 0.4) is 0 Å². The van der Waals surface area contributed by atoms with Crippen LogP contribution in [0.5, 0.6) is 5.75 Å². The van der Waals surface area contributed by atoms with Crippen LogP contribution in [-0.2, 0) is 21.4 Å². The number of fused-ring (bicyclic) bond motifs is 1. The Balaban J connectivity index is 1.58. The molecule has 0 saturated carbocycles. The van der Waals surface area contributed by atoms with Gasteiger partial charge in [-0.3, -0.25) is 9.69 Å². The van der Waals surface area contributed by atoms with E-state index >= 15 is 0 Å². The Kier molecular flexibility index (Phi) is 5.86. The van der Waals surface area contributed by atoms with Crippen molar-refractivity contribution in [2.75, 3.05) is 39.8 Å². The molecule has 1 fully saturated rings.